The van der Waals surface area contributed by atoms with E-state index in [1.54, 1.807) is 0 Å². The maximum absolute atomic E-state index is 4.38. The van der Waals surface area contributed by atoms with E-state index in [2.05, 4.69) is 24.3 Å². The highest BCUT2D eigenvalue weighted by Crippen LogP contribution is 2.36. The van der Waals surface area contributed by atoms with E-state index in [9.17, 15) is 0 Å². The first-order chi connectivity index (χ1) is 7.08. The van der Waals surface area contributed by atoms with E-state index in [1.807, 2.05) is 24.0 Å². The van der Waals surface area contributed by atoms with Crippen LogP contribution in [0.3, 0.4) is 0 Å². The molecule has 0 bridgehead atoms. The van der Waals surface area contributed by atoms with Crippen LogP contribution in [0.4, 0.5) is 5.82 Å². The first-order valence-corrected chi connectivity index (χ1v) is 5.84. The molecule has 1 aliphatic rings. The summed E-state index contributed by atoms with van der Waals surface area (Å²) in [4.78, 5) is 0. The van der Waals surface area contributed by atoms with Crippen LogP contribution < -0.4 is 5.32 Å². The molecule has 15 heavy (non-hydrogen) atoms. The smallest absolute Gasteiger partial charge is 0.148 e. The van der Waals surface area contributed by atoms with Gasteiger partial charge in [-0.25, -0.2) is 0 Å². The summed E-state index contributed by atoms with van der Waals surface area (Å²) < 4.78 is 1.85. The second-order valence-electron chi connectivity index (χ2n) is 5.31. The van der Waals surface area contributed by atoms with Crippen molar-refractivity contribution < 1.29 is 0 Å². The summed E-state index contributed by atoms with van der Waals surface area (Å²) >= 11 is 0. The Morgan fingerprint density at radius 1 is 1.47 bits per heavy atom. The molecule has 1 saturated carbocycles. The van der Waals surface area contributed by atoms with E-state index in [0.29, 0.717) is 11.5 Å². The van der Waals surface area contributed by atoms with Crippen molar-refractivity contribution in [1.29, 1.82) is 0 Å². The fourth-order valence-electron chi connectivity index (χ4n) is 2.43. The van der Waals surface area contributed by atoms with Gasteiger partial charge in [-0.2, -0.15) is 5.10 Å². The lowest BCUT2D eigenvalue weighted by molar-refractivity contribution is 0.216. The van der Waals surface area contributed by atoms with E-state index >= 15 is 0 Å². The maximum atomic E-state index is 4.38. The molecular formula is C12H21N3. The molecule has 0 spiro atoms. The number of rotatable bonds is 2. The molecule has 1 aliphatic carbocycles. The molecule has 1 heterocycles. The summed E-state index contributed by atoms with van der Waals surface area (Å²) in [5.41, 5.74) is 0.399. The summed E-state index contributed by atoms with van der Waals surface area (Å²) in [5.74, 6) is 1.01. The van der Waals surface area contributed by atoms with Gasteiger partial charge in [-0.15, -0.1) is 0 Å². The van der Waals surface area contributed by atoms with Crippen molar-refractivity contribution in [2.45, 2.75) is 45.6 Å². The Bertz CT molecular complexity index is 327. The minimum absolute atomic E-state index is 0.399. The summed E-state index contributed by atoms with van der Waals surface area (Å²) in [6.07, 6.45) is 7.28. The molecule has 0 amide bonds. The molecule has 0 aromatic carbocycles. The van der Waals surface area contributed by atoms with Crippen LogP contribution in [0, 0.1) is 5.41 Å². The first-order valence-electron chi connectivity index (χ1n) is 5.84. The Morgan fingerprint density at radius 3 is 2.87 bits per heavy atom. The SMILES string of the molecule is Cn1ccc(NC2CCCCC2(C)C)n1. The van der Waals surface area contributed by atoms with Crippen LogP contribution in [-0.2, 0) is 7.05 Å². The van der Waals surface area contributed by atoms with Gasteiger partial charge in [0, 0.05) is 25.4 Å². The van der Waals surface area contributed by atoms with Crippen LogP contribution in [0.15, 0.2) is 12.3 Å². The van der Waals surface area contributed by atoms with Crippen LogP contribution in [-0.4, -0.2) is 15.8 Å². The van der Waals surface area contributed by atoms with Gasteiger partial charge in [-0.05, 0) is 18.3 Å². The third-order valence-corrected chi connectivity index (χ3v) is 3.54. The largest absolute Gasteiger partial charge is 0.365 e. The van der Waals surface area contributed by atoms with Crippen molar-refractivity contribution in [2.75, 3.05) is 5.32 Å². The Morgan fingerprint density at radius 2 is 2.27 bits per heavy atom. The van der Waals surface area contributed by atoms with Gasteiger partial charge in [-0.3, -0.25) is 4.68 Å². The number of hydrogen-bond acceptors (Lipinski definition) is 2. The third kappa shape index (κ3) is 2.33. The number of aryl methyl sites for hydroxylation is 1. The first kappa shape index (κ1) is 10.5. The molecule has 84 valence electrons. The number of nitrogens with one attached hydrogen (secondary N) is 1. The number of aromatic nitrogens is 2. The number of hydrogen-bond donors (Lipinski definition) is 1. The minimum Gasteiger partial charge on any atom is -0.365 e. The van der Waals surface area contributed by atoms with Gasteiger partial charge in [-0.1, -0.05) is 26.7 Å². The zero-order valence-corrected chi connectivity index (χ0v) is 9.95. The third-order valence-electron chi connectivity index (χ3n) is 3.54. The molecule has 1 atom stereocenters. The van der Waals surface area contributed by atoms with Gasteiger partial charge in [0.15, 0.2) is 0 Å². The van der Waals surface area contributed by atoms with Crippen LogP contribution >= 0.6 is 0 Å². The standard InChI is InChI=1S/C12H21N3/c1-12(2)8-5-4-6-10(12)13-11-7-9-15(3)14-11/h7,9-10H,4-6,8H2,1-3H3,(H,13,14). The minimum atomic E-state index is 0.399. The highest BCUT2D eigenvalue weighted by molar-refractivity contribution is 5.34. The Hall–Kier alpha value is -0.990. The van der Waals surface area contributed by atoms with Gasteiger partial charge in [0.25, 0.3) is 0 Å². The van der Waals surface area contributed by atoms with E-state index in [4.69, 9.17) is 0 Å². The lowest BCUT2D eigenvalue weighted by atomic mass is 9.73. The zero-order chi connectivity index (χ0) is 10.9. The van der Waals surface area contributed by atoms with Gasteiger partial charge in [0.1, 0.15) is 5.82 Å². The van der Waals surface area contributed by atoms with Crippen molar-refractivity contribution in [3.05, 3.63) is 12.3 Å². The number of nitrogens with zero attached hydrogens (tertiary/aromatic N) is 2. The zero-order valence-electron chi connectivity index (χ0n) is 9.95. The molecule has 0 radical (unpaired) electrons. The van der Waals surface area contributed by atoms with Crippen LogP contribution in [0.2, 0.25) is 0 Å². The molecule has 1 unspecified atom stereocenters. The van der Waals surface area contributed by atoms with Crippen molar-refractivity contribution >= 4 is 5.82 Å². The fraction of sp³-hybridized carbons (Fsp3) is 0.750. The average Bonchev–Trinajstić information content (AvgIpc) is 2.55. The second-order valence-corrected chi connectivity index (χ2v) is 5.31. The topological polar surface area (TPSA) is 29.9 Å². The van der Waals surface area contributed by atoms with Gasteiger partial charge >= 0.3 is 0 Å². The molecule has 1 N–H and O–H groups in total. The normalized spacial score (nSPS) is 25.1. The van der Waals surface area contributed by atoms with Crippen LogP contribution in [0.5, 0.6) is 0 Å². The van der Waals surface area contributed by atoms with E-state index < -0.39 is 0 Å². The van der Waals surface area contributed by atoms with Crippen LogP contribution in [0.1, 0.15) is 39.5 Å². The summed E-state index contributed by atoms with van der Waals surface area (Å²) in [6, 6.07) is 2.62. The van der Waals surface area contributed by atoms with E-state index in [1.165, 1.54) is 25.7 Å². The lowest BCUT2D eigenvalue weighted by Crippen LogP contribution is -2.39. The maximum Gasteiger partial charge on any atom is 0.148 e. The average molecular weight is 207 g/mol. The van der Waals surface area contributed by atoms with E-state index in [-0.39, 0.29) is 0 Å². The molecule has 1 aromatic rings. The van der Waals surface area contributed by atoms with Crippen molar-refractivity contribution in [3.8, 4) is 0 Å². The molecule has 2 rings (SSSR count). The predicted molar refractivity (Wildman–Crippen MR) is 62.9 cm³/mol. The molecule has 1 aromatic heterocycles. The summed E-state index contributed by atoms with van der Waals surface area (Å²) in [5, 5.41) is 7.94. The van der Waals surface area contributed by atoms with Crippen molar-refractivity contribution in [1.82, 2.24) is 9.78 Å². The lowest BCUT2D eigenvalue weighted by Gasteiger charge is -2.39. The van der Waals surface area contributed by atoms with Crippen molar-refractivity contribution in [2.24, 2.45) is 12.5 Å². The Kier molecular flexibility index (Phi) is 2.72. The van der Waals surface area contributed by atoms with E-state index in [0.717, 1.165) is 5.82 Å². The van der Waals surface area contributed by atoms with Gasteiger partial charge < -0.3 is 5.32 Å². The van der Waals surface area contributed by atoms with Crippen molar-refractivity contribution in [3.63, 3.8) is 0 Å². The highest BCUT2D eigenvalue weighted by atomic mass is 15.3. The summed E-state index contributed by atoms with van der Waals surface area (Å²) in [6.45, 7) is 4.71. The second kappa shape index (κ2) is 3.87. The Balaban J connectivity index is 2.04. The molecule has 0 aliphatic heterocycles. The monoisotopic (exact) mass is 207 g/mol. The summed E-state index contributed by atoms with van der Waals surface area (Å²) in [7, 11) is 1.96. The van der Waals surface area contributed by atoms with Crippen LogP contribution in [0.25, 0.3) is 0 Å². The molecule has 1 fully saturated rings. The molecule has 0 saturated heterocycles. The molecular weight excluding hydrogens is 186 g/mol. The fourth-order valence-corrected chi connectivity index (χ4v) is 2.43. The highest BCUT2D eigenvalue weighted by Gasteiger charge is 2.32. The predicted octanol–water partition coefficient (Wildman–Crippen LogP) is 2.80. The van der Waals surface area contributed by atoms with Gasteiger partial charge in [0.05, 0.1) is 0 Å². The molecule has 3 nitrogen and oxygen atoms in total. The number of anilines is 1. The molecule has 3 heteroatoms. The quantitative estimate of drug-likeness (QED) is 0.808. The van der Waals surface area contributed by atoms with Gasteiger partial charge in [0.2, 0.25) is 0 Å². The Labute approximate surface area is 91.9 Å².